The van der Waals surface area contributed by atoms with Gasteiger partial charge in [0.1, 0.15) is 5.82 Å². The Morgan fingerprint density at radius 2 is 2.00 bits per heavy atom. The maximum absolute atomic E-state index is 6.48. The number of benzene rings is 1. The zero-order chi connectivity index (χ0) is 17.4. The van der Waals surface area contributed by atoms with E-state index in [-0.39, 0.29) is 6.04 Å². The molecule has 0 amide bonds. The van der Waals surface area contributed by atoms with Gasteiger partial charge in [0.15, 0.2) is 0 Å². The molecule has 3 heterocycles. The lowest BCUT2D eigenvalue weighted by Gasteiger charge is -2.11. The molecule has 1 saturated heterocycles. The van der Waals surface area contributed by atoms with Crippen LogP contribution in [0.1, 0.15) is 10.9 Å². The number of nitrogen functional groups attached to an aromatic ring is 1. The molecule has 2 aromatic heterocycles. The van der Waals surface area contributed by atoms with Gasteiger partial charge in [0.2, 0.25) is 0 Å². The molecule has 0 aliphatic carbocycles. The molecule has 7 heteroatoms. The Bertz CT molecular complexity index is 919. The molecular weight excluding hydrogens is 375 g/mol. The van der Waals surface area contributed by atoms with E-state index < -0.39 is 0 Å². The van der Waals surface area contributed by atoms with Crippen molar-refractivity contribution >= 4 is 40.4 Å². The Hall–Kier alpha value is -1.63. The average Bonchev–Trinajstić information content (AvgIpc) is 3.24. The van der Waals surface area contributed by atoms with Gasteiger partial charge in [-0.3, -0.25) is 5.32 Å². The van der Waals surface area contributed by atoms with Crippen LogP contribution in [0.4, 0.5) is 5.82 Å². The van der Waals surface area contributed by atoms with Crippen LogP contribution in [-0.2, 0) is 0 Å². The van der Waals surface area contributed by atoms with E-state index in [1.165, 1.54) is 4.88 Å². The predicted octanol–water partition coefficient (Wildman–Crippen LogP) is 4.56. The minimum absolute atomic E-state index is 0.250. The fourth-order valence-corrected chi connectivity index (χ4v) is 4.75. The van der Waals surface area contributed by atoms with Crippen molar-refractivity contribution in [2.45, 2.75) is 6.04 Å². The summed E-state index contributed by atoms with van der Waals surface area (Å²) in [7, 11) is 0. The molecule has 0 spiro atoms. The SMILES string of the molecule is Nc1cc(-c2cc(-c3ccc(Cl)cc3Cl)c(C3CNCN3)s2)ccn1. The van der Waals surface area contributed by atoms with Crippen molar-refractivity contribution in [1.82, 2.24) is 15.6 Å². The molecule has 4 rings (SSSR count). The number of rotatable bonds is 3. The van der Waals surface area contributed by atoms with E-state index in [4.69, 9.17) is 28.9 Å². The first-order chi connectivity index (χ1) is 12.1. The highest BCUT2D eigenvalue weighted by atomic mass is 35.5. The molecule has 1 unspecified atom stereocenters. The summed E-state index contributed by atoms with van der Waals surface area (Å²) in [5.74, 6) is 0.513. The molecule has 1 atom stereocenters. The number of nitrogens with zero attached hydrogens (tertiary/aromatic N) is 1. The predicted molar refractivity (Wildman–Crippen MR) is 106 cm³/mol. The van der Waals surface area contributed by atoms with Crippen LogP contribution >= 0.6 is 34.5 Å². The van der Waals surface area contributed by atoms with E-state index in [1.807, 2.05) is 24.3 Å². The molecule has 1 aromatic carbocycles. The standard InChI is InChI=1S/C18H16Cl2N4S/c19-11-1-2-12(14(20)6-11)13-7-16(10-3-4-23-17(21)5-10)25-18(13)15-8-22-9-24-15/h1-7,15,22,24H,8-9H2,(H2,21,23). The molecule has 3 aromatic rings. The first kappa shape index (κ1) is 16.8. The van der Waals surface area contributed by atoms with Crippen LogP contribution in [0.5, 0.6) is 0 Å². The third-order valence-corrected chi connectivity index (χ3v) is 6.03. The van der Waals surface area contributed by atoms with Gasteiger partial charge in [0.05, 0.1) is 6.04 Å². The molecule has 25 heavy (non-hydrogen) atoms. The van der Waals surface area contributed by atoms with Gasteiger partial charge in [-0.25, -0.2) is 4.98 Å². The van der Waals surface area contributed by atoms with Crippen LogP contribution in [-0.4, -0.2) is 18.2 Å². The zero-order valence-electron chi connectivity index (χ0n) is 13.2. The lowest BCUT2D eigenvalue weighted by Crippen LogP contribution is -2.14. The van der Waals surface area contributed by atoms with Crippen LogP contribution in [0.2, 0.25) is 10.0 Å². The van der Waals surface area contributed by atoms with Crippen molar-refractivity contribution in [3.63, 3.8) is 0 Å². The first-order valence-corrected chi connectivity index (χ1v) is 9.44. The lowest BCUT2D eigenvalue weighted by atomic mass is 10.0. The molecule has 4 nitrogen and oxygen atoms in total. The summed E-state index contributed by atoms with van der Waals surface area (Å²) in [6.45, 7) is 1.69. The summed E-state index contributed by atoms with van der Waals surface area (Å²) < 4.78 is 0. The molecule has 1 aliphatic rings. The van der Waals surface area contributed by atoms with Gasteiger partial charge in [-0.15, -0.1) is 11.3 Å². The number of halogens is 2. The molecule has 0 bridgehead atoms. The largest absolute Gasteiger partial charge is 0.384 e. The smallest absolute Gasteiger partial charge is 0.123 e. The Morgan fingerprint density at radius 1 is 1.12 bits per heavy atom. The number of aromatic nitrogens is 1. The van der Waals surface area contributed by atoms with Crippen molar-refractivity contribution < 1.29 is 0 Å². The minimum Gasteiger partial charge on any atom is -0.384 e. The van der Waals surface area contributed by atoms with E-state index >= 15 is 0 Å². The second-order valence-corrected chi connectivity index (χ2v) is 7.80. The van der Waals surface area contributed by atoms with Gasteiger partial charge in [0, 0.05) is 44.8 Å². The maximum Gasteiger partial charge on any atom is 0.123 e. The van der Waals surface area contributed by atoms with E-state index in [0.717, 1.165) is 34.8 Å². The number of nitrogens with one attached hydrogen (secondary N) is 2. The average molecular weight is 391 g/mol. The Morgan fingerprint density at radius 3 is 2.72 bits per heavy atom. The van der Waals surface area contributed by atoms with Crippen LogP contribution < -0.4 is 16.4 Å². The first-order valence-electron chi connectivity index (χ1n) is 7.87. The third-order valence-electron chi connectivity index (χ3n) is 4.19. The Kier molecular flexibility index (Phi) is 4.67. The molecule has 128 valence electrons. The normalized spacial score (nSPS) is 17.1. The summed E-state index contributed by atoms with van der Waals surface area (Å²) >= 11 is 14.3. The fraction of sp³-hybridized carbons (Fsp3) is 0.167. The monoisotopic (exact) mass is 390 g/mol. The summed E-state index contributed by atoms with van der Waals surface area (Å²) in [6, 6.07) is 11.9. The van der Waals surface area contributed by atoms with Gasteiger partial charge in [-0.2, -0.15) is 0 Å². The second-order valence-electron chi connectivity index (χ2n) is 5.87. The van der Waals surface area contributed by atoms with Crippen LogP contribution in [0.15, 0.2) is 42.6 Å². The van der Waals surface area contributed by atoms with Gasteiger partial charge in [-0.05, 0) is 41.5 Å². The molecule has 0 radical (unpaired) electrons. The molecule has 1 fully saturated rings. The second kappa shape index (κ2) is 6.94. The maximum atomic E-state index is 6.48. The zero-order valence-corrected chi connectivity index (χ0v) is 15.6. The molecule has 4 N–H and O–H groups in total. The van der Waals surface area contributed by atoms with Gasteiger partial charge in [0.25, 0.3) is 0 Å². The van der Waals surface area contributed by atoms with E-state index in [1.54, 1.807) is 23.6 Å². The molecule has 1 aliphatic heterocycles. The highest BCUT2D eigenvalue weighted by Crippen LogP contribution is 2.43. The molecule has 0 saturated carbocycles. The summed E-state index contributed by atoms with van der Waals surface area (Å²) in [5, 5.41) is 8.11. The summed E-state index contributed by atoms with van der Waals surface area (Å²) in [6.07, 6.45) is 1.73. The highest BCUT2D eigenvalue weighted by Gasteiger charge is 2.24. The van der Waals surface area contributed by atoms with Gasteiger partial charge >= 0.3 is 0 Å². The Balaban J connectivity index is 1.86. The third kappa shape index (κ3) is 3.38. The number of thiophene rings is 1. The highest BCUT2D eigenvalue weighted by molar-refractivity contribution is 7.16. The van der Waals surface area contributed by atoms with Gasteiger partial charge < -0.3 is 11.1 Å². The summed E-state index contributed by atoms with van der Waals surface area (Å²) in [4.78, 5) is 6.47. The van der Waals surface area contributed by atoms with Crippen molar-refractivity contribution in [2.75, 3.05) is 18.9 Å². The van der Waals surface area contributed by atoms with Gasteiger partial charge in [-0.1, -0.05) is 29.3 Å². The van der Waals surface area contributed by atoms with E-state index in [2.05, 4.69) is 21.7 Å². The number of anilines is 1. The van der Waals surface area contributed by atoms with Crippen LogP contribution in [0, 0.1) is 0 Å². The number of nitrogens with two attached hydrogens (primary N) is 1. The van der Waals surface area contributed by atoms with E-state index in [0.29, 0.717) is 15.9 Å². The van der Waals surface area contributed by atoms with Crippen LogP contribution in [0.25, 0.3) is 21.6 Å². The minimum atomic E-state index is 0.250. The number of hydrogen-bond acceptors (Lipinski definition) is 5. The quantitative estimate of drug-likeness (QED) is 0.613. The summed E-state index contributed by atoms with van der Waals surface area (Å²) in [5.41, 5.74) is 9.02. The van der Waals surface area contributed by atoms with E-state index in [9.17, 15) is 0 Å². The van der Waals surface area contributed by atoms with Crippen molar-refractivity contribution in [2.24, 2.45) is 0 Å². The number of hydrogen-bond donors (Lipinski definition) is 3. The van der Waals surface area contributed by atoms with Crippen molar-refractivity contribution in [3.05, 3.63) is 57.5 Å². The fourth-order valence-electron chi connectivity index (χ4n) is 3.00. The topological polar surface area (TPSA) is 63.0 Å². The van der Waals surface area contributed by atoms with Crippen molar-refractivity contribution in [1.29, 1.82) is 0 Å². The van der Waals surface area contributed by atoms with Crippen LogP contribution in [0.3, 0.4) is 0 Å². The lowest BCUT2D eigenvalue weighted by molar-refractivity contribution is 0.690. The van der Waals surface area contributed by atoms with Crippen molar-refractivity contribution in [3.8, 4) is 21.6 Å². The Labute approximate surface area is 160 Å². The molecular formula is C18H16Cl2N4S. The number of pyridine rings is 1.